The lowest BCUT2D eigenvalue weighted by atomic mass is 9.90. The van der Waals surface area contributed by atoms with Gasteiger partial charge in [-0.2, -0.15) is 0 Å². The second-order valence-electron chi connectivity index (χ2n) is 6.98. The second kappa shape index (κ2) is 7.79. The summed E-state index contributed by atoms with van der Waals surface area (Å²) in [5.74, 6) is -1.49. The number of nitrogens with zero attached hydrogens (tertiary/aromatic N) is 2. The van der Waals surface area contributed by atoms with Crippen molar-refractivity contribution in [1.29, 1.82) is 0 Å². The van der Waals surface area contributed by atoms with Crippen LogP contribution in [0.3, 0.4) is 0 Å². The summed E-state index contributed by atoms with van der Waals surface area (Å²) in [6, 6.07) is 17.1. The van der Waals surface area contributed by atoms with Gasteiger partial charge in [0.1, 0.15) is 19.2 Å². The monoisotopic (exact) mass is 392 g/mol. The third-order valence-corrected chi connectivity index (χ3v) is 5.21. The molecule has 0 bridgehead atoms. The van der Waals surface area contributed by atoms with Crippen molar-refractivity contribution in [3.05, 3.63) is 77.9 Å². The molecule has 2 aromatic rings. The number of hydrogen-bond donors (Lipinski definition) is 1. The minimum atomic E-state index is -1.10. The summed E-state index contributed by atoms with van der Waals surface area (Å²) in [7, 11) is 0. The molecule has 2 aliphatic rings. The number of rotatable bonds is 6. The number of amides is 2. The fourth-order valence-electron chi connectivity index (χ4n) is 3.82. The predicted molar refractivity (Wildman–Crippen MR) is 105 cm³/mol. The molecule has 1 unspecified atom stereocenters. The highest BCUT2D eigenvalue weighted by Gasteiger charge is 2.55. The van der Waals surface area contributed by atoms with Crippen LogP contribution in [0.4, 0.5) is 4.79 Å². The van der Waals surface area contributed by atoms with Crippen molar-refractivity contribution in [2.45, 2.75) is 18.1 Å². The van der Waals surface area contributed by atoms with Gasteiger partial charge in [0.05, 0.1) is 12.1 Å². The van der Waals surface area contributed by atoms with E-state index < -0.39 is 42.6 Å². The van der Waals surface area contributed by atoms with Gasteiger partial charge in [-0.15, -0.1) is 0 Å². The van der Waals surface area contributed by atoms with E-state index in [1.165, 1.54) is 9.80 Å². The molecular formula is C22H20N2O5. The van der Waals surface area contributed by atoms with Gasteiger partial charge in [0.25, 0.3) is 0 Å². The van der Waals surface area contributed by atoms with E-state index in [2.05, 4.69) is 0 Å². The van der Waals surface area contributed by atoms with Gasteiger partial charge in [-0.05, 0) is 11.1 Å². The zero-order valence-corrected chi connectivity index (χ0v) is 15.5. The van der Waals surface area contributed by atoms with Gasteiger partial charge in [-0.25, -0.2) is 4.79 Å². The zero-order valence-electron chi connectivity index (χ0n) is 15.5. The Balaban J connectivity index is 1.64. The maximum absolute atomic E-state index is 12.8. The molecule has 0 saturated carbocycles. The summed E-state index contributed by atoms with van der Waals surface area (Å²) in [6.07, 6.45) is 3.04. The lowest BCUT2D eigenvalue weighted by Crippen LogP contribution is -2.71. The van der Waals surface area contributed by atoms with E-state index in [-0.39, 0.29) is 6.61 Å². The minimum absolute atomic E-state index is 0.153. The number of carboxylic acid groups (broad SMARTS) is 1. The van der Waals surface area contributed by atoms with Gasteiger partial charge in [0.15, 0.2) is 0 Å². The molecule has 4 rings (SSSR count). The Hall–Kier alpha value is -3.61. The zero-order chi connectivity index (χ0) is 20.4. The summed E-state index contributed by atoms with van der Waals surface area (Å²) < 4.78 is 5.24. The van der Waals surface area contributed by atoms with Crippen LogP contribution < -0.4 is 0 Å². The van der Waals surface area contributed by atoms with Gasteiger partial charge in [0.2, 0.25) is 5.91 Å². The number of ether oxygens (including phenoxy) is 1. The van der Waals surface area contributed by atoms with Crippen molar-refractivity contribution in [3.8, 4) is 0 Å². The second-order valence-corrected chi connectivity index (χ2v) is 6.98. The molecule has 29 heavy (non-hydrogen) atoms. The third kappa shape index (κ3) is 3.59. The Morgan fingerprint density at radius 3 is 2.38 bits per heavy atom. The average molecular weight is 392 g/mol. The average Bonchev–Trinajstić information content (AvgIpc) is 3.11. The van der Waals surface area contributed by atoms with E-state index in [0.717, 1.165) is 11.1 Å². The van der Waals surface area contributed by atoms with E-state index in [9.17, 15) is 19.5 Å². The molecule has 0 spiro atoms. The number of carbonyl (C=O) groups is 3. The van der Waals surface area contributed by atoms with Crippen molar-refractivity contribution in [3.63, 3.8) is 0 Å². The van der Waals surface area contributed by atoms with Crippen molar-refractivity contribution in [2.75, 3.05) is 13.2 Å². The first-order valence-corrected chi connectivity index (χ1v) is 9.32. The van der Waals surface area contributed by atoms with Gasteiger partial charge < -0.3 is 14.7 Å². The summed E-state index contributed by atoms with van der Waals surface area (Å²) >= 11 is 0. The van der Waals surface area contributed by atoms with Gasteiger partial charge in [0, 0.05) is 0 Å². The van der Waals surface area contributed by atoms with Gasteiger partial charge in [-0.3, -0.25) is 14.5 Å². The lowest BCUT2D eigenvalue weighted by molar-refractivity contribution is -0.161. The van der Waals surface area contributed by atoms with E-state index in [1.807, 2.05) is 66.7 Å². The fraction of sp³-hybridized carbons (Fsp3) is 0.227. The van der Waals surface area contributed by atoms with Crippen LogP contribution in [0.25, 0.3) is 6.08 Å². The summed E-state index contributed by atoms with van der Waals surface area (Å²) in [4.78, 5) is 39.2. The van der Waals surface area contributed by atoms with Crippen molar-refractivity contribution >= 4 is 24.0 Å². The molecule has 3 atom stereocenters. The first-order valence-electron chi connectivity index (χ1n) is 9.32. The molecule has 0 aromatic heterocycles. The topological polar surface area (TPSA) is 87.2 Å². The Bertz CT molecular complexity index is 944. The van der Waals surface area contributed by atoms with Gasteiger partial charge >= 0.3 is 12.1 Å². The Morgan fingerprint density at radius 1 is 1.07 bits per heavy atom. The number of β-lactam (4-membered cyclic amide) rings is 1. The first-order chi connectivity index (χ1) is 14.1. The Kier molecular flexibility index (Phi) is 5.03. The van der Waals surface area contributed by atoms with Crippen LogP contribution in [0.1, 0.15) is 17.2 Å². The van der Waals surface area contributed by atoms with Crippen molar-refractivity contribution in [1.82, 2.24) is 9.80 Å². The fourth-order valence-corrected chi connectivity index (χ4v) is 3.82. The largest absolute Gasteiger partial charge is 0.480 e. The molecular weight excluding hydrogens is 372 g/mol. The highest BCUT2D eigenvalue weighted by atomic mass is 16.6. The van der Waals surface area contributed by atoms with Crippen molar-refractivity contribution < 1.29 is 24.2 Å². The maximum atomic E-state index is 12.8. The molecule has 2 aliphatic heterocycles. The van der Waals surface area contributed by atoms with E-state index in [1.54, 1.807) is 6.08 Å². The van der Waals surface area contributed by atoms with Crippen LogP contribution in [-0.2, 0) is 14.3 Å². The summed E-state index contributed by atoms with van der Waals surface area (Å²) in [6.45, 7) is -0.265. The normalized spacial score (nSPS) is 23.9. The molecule has 2 saturated heterocycles. The first kappa shape index (κ1) is 18.7. The maximum Gasteiger partial charge on any atom is 0.411 e. The third-order valence-electron chi connectivity index (χ3n) is 5.21. The number of aliphatic carboxylic acids is 1. The number of likely N-dealkylation sites (tertiary alicyclic amines) is 1. The summed E-state index contributed by atoms with van der Waals surface area (Å²) in [5, 5.41) is 9.18. The Labute approximate surface area is 167 Å². The van der Waals surface area contributed by atoms with Crippen LogP contribution in [0.15, 0.2) is 66.7 Å². The minimum Gasteiger partial charge on any atom is -0.480 e. The van der Waals surface area contributed by atoms with Crippen LogP contribution >= 0.6 is 0 Å². The predicted octanol–water partition coefficient (Wildman–Crippen LogP) is 2.56. The molecule has 2 amide bonds. The van der Waals surface area contributed by atoms with E-state index in [4.69, 9.17) is 4.74 Å². The van der Waals surface area contributed by atoms with E-state index >= 15 is 0 Å². The molecule has 2 aromatic carbocycles. The van der Waals surface area contributed by atoms with Gasteiger partial charge in [-0.1, -0.05) is 72.8 Å². The van der Waals surface area contributed by atoms with Crippen LogP contribution in [0, 0.1) is 0 Å². The number of carboxylic acids is 1. The molecule has 7 heteroatoms. The number of carbonyl (C=O) groups excluding carboxylic acids is 2. The molecule has 2 fully saturated rings. The summed E-state index contributed by atoms with van der Waals surface area (Å²) in [5.41, 5.74) is 1.79. The van der Waals surface area contributed by atoms with Crippen LogP contribution in [0.2, 0.25) is 0 Å². The quantitative estimate of drug-likeness (QED) is 0.764. The molecule has 0 radical (unpaired) electrons. The highest BCUT2D eigenvalue weighted by Crippen LogP contribution is 2.37. The van der Waals surface area contributed by atoms with E-state index in [0.29, 0.717) is 0 Å². The molecule has 0 aliphatic carbocycles. The van der Waals surface area contributed by atoms with Crippen LogP contribution in [0.5, 0.6) is 0 Å². The number of cyclic esters (lactones) is 1. The SMILES string of the molecule is O=C(O)CN1C(=O)[C@@H](N2C(=O)OC[C@@H]2c2ccccc2)C1C=Cc1ccccc1. The van der Waals surface area contributed by atoms with Crippen LogP contribution in [-0.4, -0.2) is 58.1 Å². The van der Waals surface area contributed by atoms with Crippen molar-refractivity contribution in [2.24, 2.45) is 0 Å². The molecule has 148 valence electrons. The number of hydrogen-bond acceptors (Lipinski definition) is 4. The smallest absolute Gasteiger partial charge is 0.411 e. The number of benzene rings is 2. The lowest BCUT2D eigenvalue weighted by Gasteiger charge is -2.49. The molecule has 1 N–H and O–H groups in total. The molecule has 2 heterocycles. The Morgan fingerprint density at radius 2 is 1.72 bits per heavy atom. The molecule has 7 nitrogen and oxygen atoms in total. The standard InChI is InChI=1S/C22H20N2O5/c25-19(26)13-23-17(12-11-15-7-3-1-4-8-15)20(21(23)27)24-18(14-29-22(24)28)16-9-5-2-6-10-16/h1-12,17-18,20H,13-14H2,(H,25,26)/t17?,18-,20+/m1/s1. The highest BCUT2D eigenvalue weighted by molar-refractivity contribution is 5.96.